The number of amides is 2. The summed E-state index contributed by atoms with van der Waals surface area (Å²) in [6.07, 6.45) is 11.1. The minimum atomic E-state index is -0.489. The number of pyridine rings is 2. The number of anilines is 1. The highest BCUT2D eigenvalue weighted by molar-refractivity contribution is 6.05. The molecule has 0 atom stereocenters. The summed E-state index contributed by atoms with van der Waals surface area (Å²) in [5.74, 6) is -0.238. The highest BCUT2D eigenvalue weighted by Gasteiger charge is 2.29. The SMILES string of the molecule is COc1cc(F)cnc1N1CCN(C(=O)c2cc3c(-c4ccncc4C(C)C)cc(C4=CCCN(C(=O)CCn5cccn5)C4)c(F)c3[nH]2)CC1. The molecule has 0 radical (unpaired) electrons. The summed E-state index contributed by atoms with van der Waals surface area (Å²) >= 11 is 0. The van der Waals surface area contributed by atoms with Gasteiger partial charge < -0.3 is 24.4 Å². The predicted molar refractivity (Wildman–Crippen MR) is 190 cm³/mol. The summed E-state index contributed by atoms with van der Waals surface area (Å²) in [7, 11) is 1.47. The van der Waals surface area contributed by atoms with Crippen LogP contribution in [0.4, 0.5) is 14.6 Å². The zero-order chi connectivity index (χ0) is 35.6. The van der Waals surface area contributed by atoms with E-state index in [9.17, 15) is 14.0 Å². The van der Waals surface area contributed by atoms with Crippen molar-refractivity contribution in [3.8, 4) is 16.9 Å². The lowest BCUT2D eigenvalue weighted by atomic mass is 9.89. The van der Waals surface area contributed by atoms with Gasteiger partial charge in [-0.2, -0.15) is 5.10 Å². The number of aryl methyl sites for hydroxylation is 1. The van der Waals surface area contributed by atoms with Crippen LogP contribution in [0, 0.1) is 11.6 Å². The fourth-order valence-electron chi connectivity index (χ4n) is 6.99. The summed E-state index contributed by atoms with van der Waals surface area (Å²) in [6.45, 7) is 7.16. The first-order chi connectivity index (χ1) is 24.7. The molecule has 0 aliphatic carbocycles. The minimum absolute atomic E-state index is 0.0180. The van der Waals surface area contributed by atoms with Crippen LogP contribution in [-0.4, -0.2) is 92.7 Å². The lowest BCUT2D eigenvalue weighted by Crippen LogP contribution is -2.49. The molecule has 2 aliphatic rings. The molecule has 13 heteroatoms. The molecule has 2 aliphatic heterocycles. The first-order valence-electron chi connectivity index (χ1n) is 17.2. The number of carbonyl (C=O) groups excluding carboxylic acids is 2. The van der Waals surface area contributed by atoms with Gasteiger partial charge in [-0.15, -0.1) is 0 Å². The van der Waals surface area contributed by atoms with Crippen LogP contribution >= 0.6 is 0 Å². The standard InChI is InChI=1S/C38H40F2N8O3/c1-24(2)31-22-41-10-7-27(31)29-19-28(25-6-4-11-47(23-25)34(49)8-13-48-12-5-9-43-48)35(40)36-30(29)20-32(44-36)38(50)46-16-14-45(15-17-46)37-33(51-3)18-26(39)21-42-37/h5-7,9-10,12,18-22,24,44H,4,8,11,13-17,23H2,1-3H3. The molecular weight excluding hydrogens is 654 g/mol. The van der Waals surface area contributed by atoms with Crippen molar-refractivity contribution in [1.29, 1.82) is 0 Å². The molecule has 0 bridgehead atoms. The van der Waals surface area contributed by atoms with Crippen LogP contribution in [0.1, 0.15) is 54.2 Å². The fourth-order valence-corrected chi connectivity index (χ4v) is 6.99. The maximum Gasteiger partial charge on any atom is 0.270 e. The Hall–Kier alpha value is -5.59. The van der Waals surface area contributed by atoms with Crippen molar-refractivity contribution in [2.45, 2.75) is 39.2 Å². The van der Waals surface area contributed by atoms with Crippen LogP contribution in [0.2, 0.25) is 0 Å². The third-order valence-electron chi connectivity index (χ3n) is 9.70. The number of piperazine rings is 1. The van der Waals surface area contributed by atoms with Crippen LogP contribution in [0.5, 0.6) is 5.75 Å². The third kappa shape index (κ3) is 6.80. The molecule has 4 aromatic heterocycles. The molecule has 0 spiro atoms. The molecule has 7 rings (SSSR count). The van der Waals surface area contributed by atoms with Gasteiger partial charge in [0.1, 0.15) is 11.5 Å². The molecule has 5 aromatic rings. The zero-order valence-corrected chi connectivity index (χ0v) is 28.9. The molecule has 1 fully saturated rings. The smallest absolute Gasteiger partial charge is 0.270 e. The van der Waals surface area contributed by atoms with E-state index in [2.05, 4.69) is 33.9 Å². The van der Waals surface area contributed by atoms with E-state index in [1.807, 2.05) is 41.6 Å². The number of nitrogens with zero attached hydrogens (tertiary/aromatic N) is 7. The van der Waals surface area contributed by atoms with Crippen molar-refractivity contribution in [2.24, 2.45) is 0 Å². The first-order valence-corrected chi connectivity index (χ1v) is 17.2. The molecule has 1 saturated heterocycles. The van der Waals surface area contributed by atoms with Crippen LogP contribution in [0.15, 0.2) is 67.4 Å². The number of benzene rings is 1. The number of ether oxygens (including phenoxy) is 1. The second-order valence-electron chi connectivity index (χ2n) is 13.2. The molecule has 1 aromatic carbocycles. The number of rotatable bonds is 9. The van der Waals surface area contributed by atoms with Crippen LogP contribution in [0.25, 0.3) is 27.6 Å². The Bertz CT molecular complexity index is 2100. The molecule has 2 amide bonds. The zero-order valence-electron chi connectivity index (χ0n) is 28.9. The van der Waals surface area contributed by atoms with Gasteiger partial charge in [0, 0.05) is 94.0 Å². The normalized spacial score (nSPS) is 15.1. The van der Waals surface area contributed by atoms with E-state index in [0.29, 0.717) is 74.6 Å². The number of methoxy groups -OCH3 is 1. The first kappa shape index (κ1) is 33.9. The monoisotopic (exact) mass is 694 g/mol. The van der Waals surface area contributed by atoms with E-state index < -0.39 is 11.6 Å². The van der Waals surface area contributed by atoms with Gasteiger partial charge in [-0.05, 0) is 58.9 Å². The quantitative estimate of drug-likeness (QED) is 0.205. The molecule has 1 N–H and O–H groups in total. The highest BCUT2D eigenvalue weighted by atomic mass is 19.1. The summed E-state index contributed by atoms with van der Waals surface area (Å²) < 4.78 is 37.6. The largest absolute Gasteiger partial charge is 0.493 e. The Labute approximate surface area is 294 Å². The number of nitrogens with one attached hydrogen (secondary N) is 1. The van der Waals surface area contributed by atoms with Crippen molar-refractivity contribution >= 4 is 34.1 Å². The summed E-state index contributed by atoms with van der Waals surface area (Å²) in [6, 6.07) is 8.63. The second-order valence-corrected chi connectivity index (χ2v) is 13.2. The van der Waals surface area contributed by atoms with Crippen LogP contribution in [-0.2, 0) is 11.3 Å². The molecule has 264 valence electrons. The summed E-state index contributed by atoms with van der Waals surface area (Å²) in [5.41, 5.74) is 4.31. The van der Waals surface area contributed by atoms with Gasteiger partial charge in [-0.25, -0.2) is 13.8 Å². The second kappa shape index (κ2) is 14.3. The average molecular weight is 695 g/mol. The van der Waals surface area contributed by atoms with Gasteiger partial charge in [-0.3, -0.25) is 19.3 Å². The number of aromatic amines is 1. The average Bonchev–Trinajstić information content (AvgIpc) is 3.85. The lowest BCUT2D eigenvalue weighted by molar-refractivity contribution is -0.131. The number of halogens is 2. The Morgan fingerprint density at radius 3 is 2.55 bits per heavy atom. The Balaban J connectivity index is 1.20. The number of H-pyrrole nitrogens is 1. The number of fused-ring (bicyclic) bond motifs is 1. The van der Waals surface area contributed by atoms with Gasteiger partial charge in [0.15, 0.2) is 17.4 Å². The van der Waals surface area contributed by atoms with Gasteiger partial charge >= 0.3 is 0 Å². The Morgan fingerprint density at radius 2 is 1.80 bits per heavy atom. The van der Waals surface area contributed by atoms with Crippen LogP contribution in [0.3, 0.4) is 0 Å². The van der Waals surface area contributed by atoms with Crippen molar-refractivity contribution in [2.75, 3.05) is 51.3 Å². The van der Waals surface area contributed by atoms with Crippen molar-refractivity contribution in [1.82, 2.24) is 34.5 Å². The Kier molecular flexibility index (Phi) is 9.52. The molecule has 0 unspecified atom stereocenters. The van der Waals surface area contributed by atoms with E-state index in [-0.39, 0.29) is 35.5 Å². The van der Waals surface area contributed by atoms with E-state index in [4.69, 9.17) is 4.74 Å². The molecular formula is C38H40F2N8O3. The van der Waals surface area contributed by atoms with E-state index in [1.54, 1.807) is 32.9 Å². The third-order valence-corrected chi connectivity index (χ3v) is 9.70. The summed E-state index contributed by atoms with van der Waals surface area (Å²) in [4.78, 5) is 44.4. The van der Waals surface area contributed by atoms with Gasteiger partial charge in [0.2, 0.25) is 5.91 Å². The topological polar surface area (TPSA) is 112 Å². The molecule has 0 saturated carbocycles. The van der Waals surface area contributed by atoms with Gasteiger partial charge in [-0.1, -0.05) is 19.9 Å². The van der Waals surface area contributed by atoms with Crippen molar-refractivity contribution < 1.29 is 23.1 Å². The van der Waals surface area contributed by atoms with E-state index in [0.717, 1.165) is 28.5 Å². The number of hydrogen-bond donors (Lipinski definition) is 1. The van der Waals surface area contributed by atoms with Crippen molar-refractivity contribution in [3.63, 3.8) is 0 Å². The highest BCUT2D eigenvalue weighted by Crippen LogP contribution is 2.39. The predicted octanol–water partition coefficient (Wildman–Crippen LogP) is 5.90. The Morgan fingerprint density at radius 1 is 0.980 bits per heavy atom. The number of hydrogen-bond acceptors (Lipinski definition) is 7. The maximum atomic E-state index is 16.8. The van der Waals surface area contributed by atoms with E-state index in [1.165, 1.54) is 13.2 Å². The molecule has 51 heavy (non-hydrogen) atoms. The number of carbonyl (C=O) groups is 2. The van der Waals surface area contributed by atoms with Crippen LogP contribution < -0.4 is 9.64 Å². The lowest BCUT2D eigenvalue weighted by Gasteiger charge is -2.35. The van der Waals surface area contributed by atoms with Gasteiger partial charge in [0.05, 0.1) is 18.8 Å². The molecule has 6 heterocycles. The summed E-state index contributed by atoms with van der Waals surface area (Å²) in [5, 5.41) is 4.79. The number of aromatic nitrogens is 5. The minimum Gasteiger partial charge on any atom is -0.493 e. The maximum absolute atomic E-state index is 16.8. The van der Waals surface area contributed by atoms with Gasteiger partial charge in [0.25, 0.3) is 5.91 Å². The fraction of sp³-hybridized carbons (Fsp3) is 0.342. The van der Waals surface area contributed by atoms with E-state index >= 15 is 4.39 Å². The van der Waals surface area contributed by atoms with Crippen molar-refractivity contribution in [3.05, 3.63) is 95.8 Å². The molecule has 11 nitrogen and oxygen atoms in total.